The summed E-state index contributed by atoms with van der Waals surface area (Å²) in [5.74, 6) is 0. The Kier molecular flexibility index (Phi) is 17.4. The summed E-state index contributed by atoms with van der Waals surface area (Å²) in [6.07, 6.45) is 0. The van der Waals surface area contributed by atoms with Crippen LogP contribution in [0.3, 0.4) is 0 Å². The minimum absolute atomic E-state index is 0. The molecule has 0 saturated carbocycles. The van der Waals surface area contributed by atoms with Crippen molar-refractivity contribution in [2.75, 3.05) is 54.4 Å². The van der Waals surface area contributed by atoms with Crippen molar-refractivity contribution >= 4 is 71.2 Å². The third-order valence-electron chi connectivity index (χ3n) is 5.23. The highest BCUT2D eigenvalue weighted by Crippen LogP contribution is 2.33. The fourth-order valence-corrected chi connectivity index (χ4v) is 3.72. The summed E-state index contributed by atoms with van der Waals surface area (Å²) in [7, 11) is 8.46. The molecule has 3 aromatic carbocycles. The van der Waals surface area contributed by atoms with Crippen molar-refractivity contribution in [3.8, 4) is 0 Å². The smallest absolute Gasteiger partial charge is 0.0218 e. The van der Waals surface area contributed by atoms with E-state index in [1.165, 1.54) is 32.7 Å². The second-order valence-corrected chi connectivity index (χ2v) is 8.01. The van der Waals surface area contributed by atoms with Crippen LogP contribution in [0.4, 0.5) is 0 Å². The largest absolute Gasteiger partial charge is 0.311 e. The standard InChI is InChI=1S/C24H34N4.4ClH/c1-27(2)15-13-25-17-23-19-9-5-7-11-21(19)24(18-26-14-16-28(3)4)22-12-8-6-10-20(22)23;;;;/h5-12,25-26H,13-18H2,1-4H3;4*1H. The maximum Gasteiger partial charge on any atom is 0.0218 e. The molecule has 0 saturated heterocycles. The Bertz CT molecular complexity index is 788. The number of nitrogens with one attached hydrogen (secondary N) is 2. The maximum absolute atomic E-state index is 3.64. The van der Waals surface area contributed by atoms with Crippen LogP contribution in [0.5, 0.6) is 0 Å². The van der Waals surface area contributed by atoms with Crippen LogP contribution in [0.1, 0.15) is 11.1 Å². The highest BCUT2D eigenvalue weighted by atomic mass is 35.5. The lowest BCUT2D eigenvalue weighted by molar-refractivity contribution is 0.400. The van der Waals surface area contributed by atoms with Gasteiger partial charge in [0.25, 0.3) is 0 Å². The fraction of sp³-hybridized carbons (Fsp3) is 0.417. The quantitative estimate of drug-likeness (QED) is 0.289. The summed E-state index contributed by atoms with van der Waals surface area (Å²) < 4.78 is 0. The van der Waals surface area contributed by atoms with Gasteiger partial charge in [0.05, 0.1) is 0 Å². The molecule has 0 aliphatic rings. The summed E-state index contributed by atoms with van der Waals surface area (Å²) >= 11 is 0. The molecule has 0 aliphatic heterocycles. The Hall–Kier alpha value is -0.820. The topological polar surface area (TPSA) is 30.5 Å². The lowest BCUT2D eigenvalue weighted by atomic mass is 9.91. The number of benzene rings is 3. The van der Waals surface area contributed by atoms with Gasteiger partial charge in [0, 0.05) is 39.3 Å². The first-order valence-corrected chi connectivity index (χ1v) is 10.2. The van der Waals surface area contributed by atoms with Crippen molar-refractivity contribution in [2.24, 2.45) is 0 Å². The third kappa shape index (κ3) is 8.85. The molecule has 0 amide bonds. The van der Waals surface area contributed by atoms with Crippen LogP contribution in [-0.4, -0.2) is 64.2 Å². The molecular formula is C24H38Cl4N4. The van der Waals surface area contributed by atoms with Crippen LogP contribution in [0.15, 0.2) is 48.5 Å². The molecule has 4 nitrogen and oxygen atoms in total. The first kappa shape index (κ1) is 33.4. The van der Waals surface area contributed by atoms with Gasteiger partial charge < -0.3 is 20.4 Å². The predicted octanol–water partition coefficient (Wildman–Crippen LogP) is 4.98. The van der Waals surface area contributed by atoms with Crippen molar-refractivity contribution in [3.05, 3.63) is 59.7 Å². The van der Waals surface area contributed by atoms with E-state index in [2.05, 4.69) is 97.2 Å². The van der Waals surface area contributed by atoms with E-state index in [1.54, 1.807) is 0 Å². The van der Waals surface area contributed by atoms with E-state index in [9.17, 15) is 0 Å². The van der Waals surface area contributed by atoms with Crippen molar-refractivity contribution in [3.63, 3.8) is 0 Å². The summed E-state index contributed by atoms with van der Waals surface area (Å²) in [4.78, 5) is 4.43. The van der Waals surface area contributed by atoms with Crippen molar-refractivity contribution in [1.82, 2.24) is 20.4 Å². The molecule has 0 aliphatic carbocycles. The molecule has 0 spiro atoms. The van der Waals surface area contributed by atoms with Gasteiger partial charge in [-0.2, -0.15) is 0 Å². The van der Waals surface area contributed by atoms with Gasteiger partial charge in [-0.1, -0.05) is 48.5 Å². The van der Waals surface area contributed by atoms with E-state index in [0.717, 1.165) is 39.3 Å². The highest BCUT2D eigenvalue weighted by molar-refractivity contribution is 6.05. The number of fused-ring (bicyclic) bond motifs is 2. The van der Waals surface area contributed by atoms with Crippen molar-refractivity contribution in [2.45, 2.75) is 13.1 Å². The second-order valence-electron chi connectivity index (χ2n) is 8.01. The Morgan fingerprint density at radius 2 is 0.812 bits per heavy atom. The van der Waals surface area contributed by atoms with E-state index in [4.69, 9.17) is 0 Å². The minimum atomic E-state index is 0. The molecule has 3 rings (SSSR count). The molecule has 8 heteroatoms. The molecule has 0 unspecified atom stereocenters. The maximum atomic E-state index is 3.64. The van der Waals surface area contributed by atoms with Crippen LogP contribution < -0.4 is 10.6 Å². The van der Waals surface area contributed by atoms with Gasteiger partial charge in [-0.25, -0.2) is 0 Å². The number of halogens is 4. The molecule has 0 aromatic heterocycles. The van der Waals surface area contributed by atoms with Gasteiger partial charge in [0.15, 0.2) is 0 Å². The van der Waals surface area contributed by atoms with E-state index >= 15 is 0 Å². The Balaban J connectivity index is 0. The number of hydrogen-bond donors (Lipinski definition) is 2. The third-order valence-corrected chi connectivity index (χ3v) is 5.23. The summed E-state index contributed by atoms with van der Waals surface area (Å²) in [5, 5.41) is 12.7. The lowest BCUT2D eigenvalue weighted by Crippen LogP contribution is -2.27. The number of hydrogen-bond acceptors (Lipinski definition) is 4. The van der Waals surface area contributed by atoms with Gasteiger partial charge in [-0.3, -0.25) is 0 Å². The second kappa shape index (κ2) is 16.7. The summed E-state index contributed by atoms with van der Waals surface area (Å²) in [5.41, 5.74) is 2.81. The van der Waals surface area contributed by atoms with E-state index in [0.29, 0.717) is 0 Å². The molecule has 32 heavy (non-hydrogen) atoms. The zero-order valence-electron chi connectivity index (χ0n) is 19.4. The Morgan fingerprint density at radius 1 is 0.531 bits per heavy atom. The van der Waals surface area contributed by atoms with Crippen LogP contribution in [0, 0.1) is 0 Å². The molecule has 0 atom stereocenters. The monoisotopic (exact) mass is 522 g/mol. The molecule has 182 valence electrons. The van der Waals surface area contributed by atoms with Crippen LogP contribution in [0.2, 0.25) is 0 Å². The molecule has 3 aromatic rings. The average Bonchev–Trinajstić information content (AvgIpc) is 2.68. The van der Waals surface area contributed by atoms with Gasteiger partial charge in [0.2, 0.25) is 0 Å². The average molecular weight is 524 g/mol. The van der Waals surface area contributed by atoms with Crippen LogP contribution >= 0.6 is 49.6 Å². The first-order valence-electron chi connectivity index (χ1n) is 10.2. The van der Waals surface area contributed by atoms with Gasteiger partial charge >= 0.3 is 0 Å². The SMILES string of the molecule is CN(C)CCNCc1c2ccccc2c(CNCCN(C)C)c2ccccc12.Cl.Cl.Cl.Cl. The molecule has 2 N–H and O–H groups in total. The van der Waals surface area contributed by atoms with Gasteiger partial charge in [-0.05, 0) is 60.9 Å². The molecule has 0 heterocycles. The van der Waals surface area contributed by atoms with Gasteiger partial charge in [-0.15, -0.1) is 49.6 Å². The van der Waals surface area contributed by atoms with E-state index in [-0.39, 0.29) is 49.6 Å². The molecule has 0 bridgehead atoms. The lowest BCUT2D eigenvalue weighted by Gasteiger charge is -2.19. The van der Waals surface area contributed by atoms with E-state index < -0.39 is 0 Å². The normalized spacial score (nSPS) is 10.4. The molecule has 0 fully saturated rings. The summed E-state index contributed by atoms with van der Waals surface area (Å²) in [6, 6.07) is 17.7. The Morgan fingerprint density at radius 3 is 1.06 bits per heavy atom. The molecule has 0 radical (unpaired) electrons. The number of likely N-dealkylation sites (N-methyl/N-ethyl adjacent to an activating group) is 2. The fourth-order valence-electron chi connectivity index (χ4n) is 3.72. The van der Waals surface area contributed by atoms with Crippen molar-refractivity contribution < 1.29 is 0 Å². The zero-order chi connectivity index (χ0) is 19.9. The van der Waals surface area contributed by atoms with Crippen LogP contribution in [0.25, 0.3) is 21.5 Å². The highest BCUT2D eigenvalue weighted by Gasteiger charge is 2.13. The molecular weight excluding hydrogens is 486 g/mol. The minimum Gasteiger partial charge on any atom is -0.311 e. The van der Waals surface area contributed by atoms with Crippen molar-refractivity contribution in [1.29, 1.82) is 0 Å². The Labute approximate surface area is 218 Å². The van der Waals surface area contributed by atoms with Crippen LogP contribution in [-0.2, 0) is 13.1 Å². The summed E-state index contributed by atoms with van der Waals surface area (Å²) in [6.45, 7) is 5.85. The first-order chi connectivity index (χ1) is 13.6. The predicted molar refractivity (Wildman–Crippen MR) is 151 cm³/mol. The number of nitrogens with zero attached hydrogens (tertiary/aromatic N) is 2. The van der Waals surface area contributed by atoms with Gasteiger partial charge in [0.1, 0.15) is 0 Å². The number of rotatable bonds is 10. The zero-order valence-corrected chi connectivity index (χ0v) is 22.7. The van der Waals surface area contributed by atoms with E-state index in [1.807, 2.05) is 0 Å².